The first-order valence-corrected chi connectivity index (χ1v) is 9.89. The van der Waals surface area contributed by atoms with E-state index in [0.717, 1.165) is 38.7 Å². The molecule has 1 saturated heterocycles. The number of fused-ring (bicyclic) bond motifs is 1. The van der Waals surface area contributed by atoms with Gasteiger partial charge in [0.25, 0.3) is 0 Å². The van der Waals surface area contributed by atoms with Gasteiger partial charge in [-0.2, -0.15) is 0 Å². The van der Waals surface area contributed by atoms with Crippen molar-refractivity contribution in [2.45, 2.75) is 17.1 Å². The summed E-state index contributed by atoms with van der Waals surface area (Å²) in [6.07, 6.45) is 3.51. The summed E-state index contributed by atoms with van der Waals surface area (Å²) in [4.78, 5) is 29.1. The van der Waals surface area contributed by atoms with Gasteiger partial charge in [-0.05, 0) is 18.2 Å². The third-order valence-corrected chi connectivity index (χ3v) is 5.96. The summed E-state index contributed by atoms with van der Waals surface area (Å²) < 4.78 is 0. The van der Waals surface area contributed by atoms with Crippen molar-refractivity contribution in [3.05, 3.63) is 42.7 Å². The van der Waals surface area contributed by atoms with Gasteiger partial charge in [-0.25, -0.2) is 9.97 Å². The molecule has 0 spiro atoms. The summed E-state index contributed by atoms with van der Waals surface area (Å²) >= 11 is 1.89. The SMILES string of the molecule is C[C@@H]1CN(CC(=O)N2CCN(c3ncccn3)CC2)c2ccccc2S1. The molecule has 7 heteroatoms. The molecule has 0 N–H and O–H groups in total. The Morgan fingerprint density at radius 1 is 1.12 bits per heavy atom. The van der Waals surface area contributed by atoms with Crippen LogP contribution in [0.3, 0.4) is 0 Å². The van der Waals surface area contributed by atoms with E-state index in [4.69, 9.17) is 0 Å². The first-order chi connectivity index (χ1) is 12.7. The molecule has 1 amide bonds. The molecule has 1 fully saturated rings. The van der Waals surface area contributed by atoms with Gasteiger partial charge in [-0.15, -0.1) is 11.8 Å². The highest BCUT2D eigenvalue weighted by Gasteiger charge is 2.27. The van der Waals surface area contributed by atoms with Gasteiger partial charge in [0.15, 0.2) is 0 Å². The summed E-state index contributed by atoms with van der Waals surface area (Å²) in [6, 6.07) is 10.2. The van der Waals surface area contributed by atoms with Crippen LogP contribution in [0, 0.1) is 0 Å². The van der Waals surface area contributed by atoms with Crippen LogP contribution in [0.1, 0.15) is 6.92 Å². The second-order valence-electron chi connectivity index (χ2n) is 6.69. The number of carbonyl (C=O) groups excluding carboxylic acids is 1. The maximum absolute atomic E-state index is 12.9. The van der Waals surface area contributed by atoms with Gasteiger partial charge in [0.05, 0.1) is 12.2 Å². The molecule has 0 aliphatic carbocycles. The highest BCUT2D eigenvalue weighted by molar-refractivity contribution is 8.00. The number of para-hydroxylation sites is 1. The first kappa shape index (κ1) is 17.1. The Labute approximate surface area is 158 Å². The van der Waals surface area contributed by atoms with Crippen LogP contribution in [0.25, 0.3) is 0 Å². The van der Waals surface area contributed by atoms with Crippen molar-refractivity contribution >= 4 is 29.3 Å². The number of amides is 1. The largest absolute Gasteiger partial charge is 0.360 e. The van der Waals surface area contributed by atoms with Crippen LogP contribution in [0.2, 0.25) is 0 Å². The summed E-state index contributed by atoms with van der Waals surface area (Å²) in [6.45, 7) is 6.57. The predicted octanol–water partition coefficient (Wildman–Crippen LogP) is 2.13. The molecule has 26 heavy (non-hydrogen) atoms. The van der Waals surface area contributed by atoms with E-state index in [1.54, 1.807) is 12.4 Å². The number of anilines is 2. The molecular weight excluding hydrogens is 346 g/mol. The number of nitrogens with zero attached hydrogens (tertiary/aromatic N) is 5. The lowest BCUT2D eigenvalue weighted by Crippen LogP contribution is -2.52. The van der Waals surface area contributed by atoms with Crippen molar-refractivity contribution < 1.29 is 4.79 Å². The minimum atomic E-state index is 0.201. The van der Waals surface area contributed by atoms with E-state index < -0.39 is 0 Å². The molecule has 0 bridgehead atoms. The van der Waals surface area contributed by atoms with Crippen LogP contribution in [-0.4, -0.2) is 65.3 Å². The van der Waals surface area contributed by atoms with E-state index in [-0.39, 0.29) is 5.91 Å². The fourth-order valence-corrected chi connectivity index (χ4v) is 4.67. The molecule has 1 aromatic carbocycles. The van der Waals surface area contributed by atoms with E-state index >= 15 is 0 Å². The van der Waals surface area contributed by atoms with Crippen LogP contribution < -0.4 is 9.80 Å². The number of hydrogen-bond donors (Lipinski definition) is 0. The van der Waals surface area contributed by atoms with Crippen molar-refractivity contribution in [2.24, 2.45) is 0 Å². The Balaban J connectivity index is 1.38. The molecule has 4 rings (SSSR count). The second kappa shape index (κ2) is 7.53. The molecule has 6 nitrogen and oxygen atoms in total. The topological polar surface area (TPSA) is 52.6 Å². The van der Waals surface area contributed by atoms with Crippen LogP contribution in [0.15, 0.2) is 47.6 Å². The van der Waals surface area contributed by atoms with Crippen LogP contribution >= 0.6 is 11.8 Å². The molecule has 1 atom stereocenters. The highest BCUT2D eigenvalue weighted by Crippen LogP contribution is 2.37. The maximum atomic E-state index is 12.9. The maximum Gasteiger partial charge on any atom is 0.242 e. The van der Waals surface area contributed by atoms with Gasteiger partial charge < -0.3 is 14.7 Å². The molecule has 0 saturated carbocycles. The van der Waals surface area contributed by atoms with Gasteiger partial charge in [-0.3, -0.25) is 4.79 Å². The summed E-state index contributed by atoms with van der Waals surface area (Å²) in [5.41, 5.74) is 1.18. The van der Waals surface area contributed by atoms with Gasteiger partial charge in [-0.1, -0.05) is 19.1 Å². The van der Waals surface area contributed by atoms with Crippen molar-refractivity contribution in [2.75, 3.05) is 49.1 Å². The molecule has 2 aromatic rings. The lowest BCUT2D eigenvalue weighted by atomic mass is 10.2. The van der Waals surface area contributed by atoms with Crippen LogP contribution in [-0.2, 0) is 4.79 Å². The Kier molecular flexibility index (Phi) is 4.97. The number of hydrogen-bond acceptors (Lipinski definition) is 6. The Morgan fingerprint density at radius 2 is 1.85 bits per heavy atom. The summed E-state index contributed by atoms with van der Waals surface area (Å²) in [7, 11) is 0. The van der Waals surface area contributed by atoms with Gasteiger partial charge in [0.2, 0.25) is 11.9 Å². The summed E-state index contributed by atoms with van der Waals surface area (Å²) in [5, 5.41) is 0.491. The molecule has 2 aliphatic rings. The Morgan fingerprint density at radius 3 is 2.62 bits per heavy atom. The fourth-order valence-electron chi connectivity index (χ4n) is 3.50. The van der Waals surface area contributed by atoms with Crippen molar-refractivity contribution in [3.63, 3.8) is 0 Å². The molecule has 2 aliphatic heterocycles. The Bertz CT molecular complexity index is 764. The zero-order chi connectivity index (χ0) is 17.9. The van der Waals surface area contributed by atoms with Gasteiger partial charge in [0, 0.05) is 55.3 Å². The molecule has 0 unspecified atom stereocenters. The van der Waals surface area contributed by atoms with E-state index in [1.165, 1.54) is 10.6 Å². The second-order valence-corrected chi connectivity index (χ2v) is 8.17. The highest BCUT2D eigenvalue weighted by atomic mass is 32.2. The number of piperazine rings is 1. The average Bonchev–Trinajstić information content (AvgIpc) is 2.68. The number of benzene rings is 1. The van der Waals surface area contributed by atoms with Crippen LogP contribution in [0.4, 0.5) is 11.6 Å². The number of rotatable bonds is 3. The molecule has 136 valence electrons. The van der Waals surface area contributed by atoms with E-state index in [0.29, 0.717) is 11.8 Å². The van der Waals surface area contributed by atoms with Crippen LogP contribution in [0.5, 0.6) is 0 Å². The molecular formula is C19H23N5OS. The number of aromatic nitrogens is 2. The molecule has 1 aromatic heterocycles. The van der Waals surface area contributed by atoms with Gasteiger partial charge >= 0.3 is 0 Å². The fraction of sp³-hybridized carbons (Fsp3) is 0.421. The zero-order valence-electron chi connectivity index (χ0n) is 14.9. The van der Waals surface area contributed by atoms with E-state index in [9.17, 15) is 4.79 Å². The average molecular weight is 369 g/mol. The third kappa shape index (κ3) is 3.62. The number of carbonyl (C=O) groups is 1. The standard InChI is InChI=1S/C19H23N5OS/c1-15-13-24(16-5-2-3-6-17(16)26-15)14-18(25)22-9-11-23(12-10-22)19-20-7-4-8-21-19/h2-8,15H,9-14H2,1H3/t15-/m1/s1. The van der Waals surface area contributed by atoms with E-state index in [1.807, 2.05) is 28.8 Å². The van der Waals surface area contributed by atoms with Gasteiger partial charge in [0.1, 0.15) is 0 Å². The van der Waals surface area contributed by atoms with Crippen molar-refractivity contribution in [1.29, 1.82) is 0 Å². The lowest BCUT2D eigenvalue weighted by molar-refractivity contribution is -0.130. The Hall–Kier alpha value is -2.28. The minimum Gasteiger partial charge on any atom is -0.360 e. The third-order valence-electron chi connectivity index (χ3n) is 4.81. The smallest absolute Gasteiger partial charge is 0.242 e. The van der Waals surface area contributed by atoms with Crippen molar-refractivity contribution in [1.82, 2.24) is 14.9 Å². The minimum absolute atomic E-state index is 0.201. The lowest BCUT2D eigenvalue weighted by Gasteiger charge is -2.38. The van der Waals surface area contributed by atoms with Crippen molar-refractivity contribution in [3.8, 4) is 0 Å². The first-order valence-electron chi connectivity index (χ1n) is 9.01. The molecule has 0 radical (unpaired) electrons. The monoisotopic (exact) mass is 369 g/mol. The zero-order valence-corrected chi connectivity index (χ0v) is 15.7. The van der Waals surface area contributed by atoms with E-state index in [2.05, 4.69) is 44.9 Å². The molecule has 3 heterocycles. The normalized spacial score (nSPS) is 20.0. The number of thioether (sulfide) groups is 1. The quantitative estimate of drug-likeness (QED) is 0.826. The summed E-state index contributed by atoms with van der Waals surface area (Å²) in [5.74, 6) is 0.947. The predicted molar refractivity (Wildman–Crippen MR) is 105 cm³/mol.